The lowest BCUT2D eigenvalue weighted by molar-refractivity contribution is -0.274. The van der Waals surface area contributed by atoms with Crippen molar-refractivity contribution in [2.75, 3.05) is 44.6 Å². The minimum absolute atomic E-state index is 0.00518. The van der Waals surface area contributed by atoms with E-state index in [0.717, 1.165) is 13.1 Å². The molecule has 0 saturated carbocycles. The maximum atomic E-state index is 12.4. The highest BCUT2D eigenvalue weighted by atomic mass is 19.4. The van der Waals surface area contributed by atoms with E-state index in [2.05, 4.69) is 19.9 Å². The van der Waals surface area contributed by atoms with E-state index in [0.29, 0.717) is 26.2 Å². The molecule has 144 valence electrons. The molecule has 1 saturated heterocycles. The van der Waals surface area contributed by atoms with Gasteiger partial charge in [0, 0.05) is 39.6 Å². The third-order valence-electron chi connectivity index (χ3n) is 3.89. The third-order valence-corrected chi connectivity index (χ3v) is 3.89. The number of guanidine groups is 1. The van der Waals surface area contributed by atoms with Gasteiger partial charge in [0.05, 0.1) is 12.2 Å². The van der Waals surface area contributed by atoms with E-state index in [9.17, 15) is 18.0 Å². The van der Waals surface area contributed by atoms with Crippen molar-refractivity contribution in [1.82, 2.24) is 9.80 Å². The molecule has 0 aromatic heterocycles. The maximum Gasteiger partial charge on any atom is 0.573 e. The van der Waals surface area contributed by atoms with Gasteiger partial charge in [0.25, 0.3) is 0 Å². The van der Waals surface area contributed by atoms with Crippen LogP contribution in [-0.4, -0.2) is 67.3 Å². The Balaban J connectivity index is 1.83. The van der Waals surface area contributed by atoms with Crippen LogP contribution in [0.15, 0.2) is 29.3 Å². The fraction of sp³-hybridized carbons (Fsp3) is 0.500. The van der Waals surface area contributed by atoms with E-state index >= 15 is 0 Å². The van der Waals surface area contributed by atoms with E-state index in [1.54, 1.807) is 17.9 Å². The zero-order valence-corrected chi connectivity index (χ0v) is 14.4. The van der Waals surface area contributed by atoms with Gasteiger partial charge in [-0.1, -0.05) is 12.1 Å². The van der Waals surface area contributed by atoms with Gasteiger partial charge >= 0.3 is 6.36 Å². The van der Waals surface area contributed by atoms with Crippen LogP contribution in [0.5, 0.6) is 5.75 Å². The molecule has 10 heteroatoms. The van der Waals surface area contributed by atoms with Crippen molar-refractivity contribution in [3.05, 3.63) is 24.3 Å². The predicted octanol–water partition coefficient (Wildman–Crippen LogP) is 1.48. The predicted molar refractivity (Wildman–Crippen MR) is 91.9 cm³/mol. The molecule has 0 unspecified atom stereocenters. The summed E-state index contributed by atoms with van der Waals surface area (Å²) in [6, 6.07) is 5.61. The number of nitrogens with zero attached hydrogens (tertiary/aromatic N) is 3. The molecule has 0 atom stereocenters. The lowest BCUT2D eigenvalue weighted by Crippen LogP contribution is -2.48. The van der Waals surface area contributed by atoms with Crippen LogP contribution in [0.25, 0.3) is 0 Å². The number of aliphatic imine (C=N–C) groups is 1. The number of hydrogen-bond acceptors (Lipinski definition) is 4. The maximum absolute atomic E-state index is 12.4. The molecule has 1 aromatic rings. The number of nitrogens with two attached hydrogens (primary N) is 1. The van der Waals surface area contributed by atoms with Crippen LogP contribution < -0.4 is 15.8 Å². The second-order valence-electron chi connectivity index (χ2n) is 5.78. The standard InChI is InChI=1S/C16H22F3N5O2/c1-12(25)24-10-8-23(9-11-24)7-6-21-15(20)22-13-4-2-3-5-14(13)26-16(17,18)19/h2-5H,6-11H2,1H3,(H3,20,21,22). The van der Waals surface area contributed by atoms with Gasteiger partial charge in [-0.15, -0.1) is 13.2 Å². The summed E-state index contributed by atoms with van der Waals surface area (Å²) in [5.41, 5.74) is 5.83. The Morgan fingerprint density at radius 2 is 1.92 bits per heavy atom. The largest absolute Gasteiger partial charge is 0.573 e. The van der Waals surface area contributed by atoms with Gasteiger partial charge in [0.15, 0.2) is 11.7 Å². The Morgan fingerprint density at radius 3 is 2.54 bits per heavy atom. The number of para-hydroxylation sites is 2. The molecule has 1 amide bonds. The van der Waals surface area contributed by atoms with Gasteiger partial charge in [-0.3, -0.25) is 14.7 Å². The molecule has 26 heavy (non-hydrogen) atoms. The number of halogens is 3. The van der Waals surface area contributed by atoms with Crippen molar-refractivity contribution in [2.24, 2.45) is 10.7 Å². The van der Waals surface area contributed by atoms with Crippen LogP contribution in [-0.2, 0) is 4.79 Å². The number of benzene rings is 1. The molecule has 7 nitrogen and oxygen atoms in total. The summed E-state index contributed by atoms with van der Waals surface area (Å²) in [5.74, 6) is -0.306. The quantitative estimate of drug-likeness (QED) is 0.603. The zero-order valence-electron chi connectivity index (χ0n) is 14.4. The van der Waals surface area contributed by atoms with Gasteiger partial charge in [-0.05, 0) is 12.1 Å². The monoisotopic (exact) mass is 373 g/mol. The molecule has 1 heterocycles. The summed E-state index contributed by atoms with van der Waals surface area (Å²) in [7, 11) is 0. The Hall–Kier alpha value is -2.49. The second kappa shape index (κ2) is 8.75. The minimum Gasteiger partial charge on any atom is -0.404 e. The topological polar surface area (TPSA) is 83.2 Å². The van der Waals surface area contributed by atoms with Crippen molar-refractivity contribution in [3.63, 3.8) is 0 Å². The molecule has 1 aromatic carbocycles. The number of anilines is 1. The number of piperazine rings is 1. The average Bonchev–Trinajstić information content (AvgIpc) is 2.56. The number of carbonyl (C=O) groups excluding carboxylic acids is 1. The summed E-state index contributed by atoms with van der Waals surface area (Å²) in [5, 5.41) is 2.62. The first-order valence-corrected chi connectivity index (χ1v) is 8.14. The Bertz CT molecular complexity index is 643. The lowest BCUT2D eigenvalue weighted by atomic mass is 10.3. The number of amides is 1. The normalized spacial score (nSPS) is 16.5. The van der Waals surface area contributed by atoms with Gasteiger partial charge in [0.1, 0.15) is 0 Å². The molecule has 0 spiro atoms. The van der Waals surface area contributed by atoms with Gasteiger partial charge in [-0.2, -0.15) is 0 Å². The first-order valence-electron chi connectivity index (χ1n) is 8.14. The van der Waals surface area contributed by atoms with Crippen LogP contribution in [0.4, 0.5) is 18.9 Å². The highest BCUT2D eigenvalue weighted by Crippen LogP contribution is 2.29. The first-order chi connectivity index (χ1) is 12.2. The van der Waals surface area contributed by atoms with E-state index in [-0.39, 0.29) is 23.3 Å². The Morgan fingerprint density at radius 1 is 1.27 bits per heavy atom. The molecule has 0 radical (unpaired) electrons. The Labute approximate surface area is 149 Å². The average molecular weight is 373 g/mol. The van der Waals surface area contributed by atoms with E-state index < -0.39 is 6.36 Å². The minimum atomic E-state index is -4.79. The van der Waals surface area contributed by atoms with Crippen molar-refractivity contribution in [2.45, 2.75) is 13.3 Å². The fourth-order valence-corrected chi connectivity index (χ4v) is 2.56. The molecular weight excluding hydrogens is 351 g/mol. The third kappa shape index (κ3) is 6.43. The lowest BCUT2D eigenvalue weighted by Gasteiger charge is -2.33. The van der Waals surface area contributed by atoms with Gasteiger partial charge < -0.3 is 20.7 Å². The smallest absolute Gasteiger partial charge is 0.404 e. The molecule has 1 aliphatic rings. The summed E-state index contributed by atoms with van der Waals surface area (Å²) in [4.78, 5) is 19.3. The molecular formula is C16H22F3N5O2. The van der Waals surface area contributed by atoms with Gasteiger partial charge in [-0.25, -0.2) is 0 Å². The van der Waals surface area contributed by atoms with E-state index in [1.165, 1.54) is 18.2 Å². The molecule has 1 aliphatic heterocycles. The van der Waals surface area contributed by atoms with Crippen LogP contribution >= 0.6 is 0 Å². The molecule has 2 rings (SSSR count). The zero-order chi connectivity index (χ0) is 19.2. The molecule has 0 aliphatic carbocycles. The molecule has 1 fully saturated rings. The molecule has 3 N–H and O–H groups in total. The van der Waals surface area contributed by atoms with Crippen molar-refractivity contribution < 1.29 is 22.7 Å². The summed E-state index contributed by atoms with van der Waals surface area (Å²) in [6.45, 7) is 5.45. The summed E-state index contributed by atoms with van der Waals surface area (Å²) < 4.78 is 41.2. The Kier molecular flexibility index (Phi) is 6.67. The SMILES string of the molecule is CC(=O)N1CCN(CCN=C(N)Nc2ccccc2OC(F)(F)F)CC1. The molecule has 0 bridgehead atoms. The number of alkyl halides is 3. The van der Waals surface area contributed by atoms with Crippen LogP contribution in [0, 0.1) is 0 Å². The number of hydrogen-bond donors (Lipinski definition) is 2. The van der Waals surface area contributed by atoms with Crippen molar-refractivity contribution >= 4 is 17.6 Å². The van der Waals surface area contributed by atoms with Crippen LogP contribution in [0.2, 0.25) is 0 Å². The number of rotatable bonds is 5. The fourth-order valence-electron chi connectivity index (χ4n) is 2.56. The van der Waals surface area contributed by atoms with E-state index in [4.69, 9.17) is 5.73 Å². The first kappa shape index (κ1) is 19.8. The van der Waals surface area contributed by atoms with Gasteiger partial charge in [0.2, 0.25) is 5.91 Å². The van der Waals surface area contributed by atoms with Crippen molar-refractivity contribution in [1.29, 1.82) is 0 Å². The van der Waals surface area contributed by atoms with Crippen LogP contribution in [0.1, 0.15) is 6.92 Å². The van der Waals surface area contributed by atoms with Crippen molar-refractivity contribution in [3.8, 4) is 5.75 Å². The van der Waals surface area contributed by atoms with Crippen LogP contribution in [0.3, 0.4) is 0 Å². The number of carbonyl (C=O) groups is 1. The highest BCUT2D eigenvalue weighted by molar-refractivity contribution is 5.93. The number of ether oxygens (including phenoxy) is 1. The highest BCUT2D eigenvalue weighted by Gasteiger charge is 2.32. The number of nitrogens with one attached hydrogen (secondary N) is 1. The van der Waals surface area contributed by atoms with E-state index in [1.807, 2.05) is 0 Å². The summed E-state index contributed by atoms with van der Waals surface area (Å²) in [6.07, 6.45) is -4.79. The second-order valence-corrected chi connectivity index (χ2v) is 5.78. The summed E-state index contributed by atoms with van der Waals surface area (Å²) >= 11 is 0.